The largest absolute Gasteiger partial charge is 0.309 e. The van der Waals surface area contributed by atoms with E-state index in [1.807, 2.05) is 30.3 Å². The molecule has 7 nitrogen and oxygen atoms in total. The third-order valence-corrected chi connectivity index (χ3v) is 9.62. The molecule has 3 heterocycles. The van der Waals surface area contributed by atoms with E-state index in [1.165, 1.54) is 10.4 Å². The minimum Gasteiger partial charge on any atom is -0.309 e. The number of nitrogens with one attached hydrogen (secondary N) is 1. The minimum absolute atomic E-state index is 0.164. The lowest BCUT2D eigenvalue weighted by molar-refractivity contribution is -0.120. The molecule has 1 aliphatic carbocycles. The van der Waals surface area contributed by atoms with Gasteiger partial charge in [-0.2, -0.15) is 9.40 Å². The summed E-state index contributed by atoms with van der Waals surface area (Å²) >= 11 is 6.99. The van der Waals surface area contributed by atoms with Gasteiger partial charge in [0.1, 0.15) is 16.1 Å². The second-order valence-electron chi connectivity index (χ2n) is 8.05. The summed E-state index contributed by atoms with van der Waals surface area (Å²) in [5, 5.41) is 7.78. The number of aryl methyl sites for hydroxylation is 1. The molecule has 5 rings (SSSR count). The van der Waals surface area contributed by atoms with E-state index in [0.29, 0.717) is 23.1 Å². The van der Waals surface area contributed by atoms with E-state index in [0.717, 1.165) is 60.4 Å². The van der Waals surface area contributed by atoms with E-state index in [4.69, 9.17) is 16.7 Å². The van der Waals surface area contributed by atoms with Gasteiger partial charge in [0.05, 0.1) is 15.7 Å². The lowest BCUT2D eigenvalue weighted by Gasteiger charge is -2.33. The summed E-state index contributed by atoms with van der Waals surface area (Å²) in [4.78, 5) is 13.5. The topological polar surface area (TPSA) is 84.3 Å². The molecule has 0 radical (unpaired) electrons. The number of aromatic nitrogens is 2. The highest BCUT2D eigenvalue weighted by atomic mass is 35.5. The van der Waals surface area contributed by atoms with Crippen molar-refractivity contribution in [3.63, 3.8) is 0 Å². The van der Waals surface area contributed by atoms with E-state index >= 15 is 0 Å². The second kappa shape index (κ2) is 8.62. The zero-order chi connectivity index (χ0) is 22.3. The van der Waals surface area contributed by atoms with Crippen molar-refractivity contribution in [2.24, 2.45) is 0 Å². The molecule has 1 atom stereocenters. The van der Waals surface area contributed by atoms with Gasteiger partial charge in [-0.25, -0.2) is 13.1 Å². The van der Waals surface area contributed by atoms with Crippen LogP contribution >= 0.6 is 22.9 Å². The van der Waals surface area contributed by atoms with Crippen molar-refractivity contribution in [2.75, 3.05) is 11.9 Å². The summed E-state index contributed by atoms with van der Waals surface area (Å²) in [6.45, 7) is 0.312. The van der Waals surface area contributed by atoms with Crippen LogP contribution in [0.4, 0.5) is 5.82 Å². The highest BCUT2D eigenvalue weighted by Gasteiger charge is 2.39. The Hall–Kier alpha value is -2.20. The highest BCUT2D eigenvalue weighted by molar-refractivity contribution is 7.91. The molecular weight excluding hydrogens is 468 g/mol. The lowest BCUT2D eigenvalue weighted by Crippen LogP contribution is -2.49. The van der Waals surface area contributed by atoms with Crippen LogP contribution in [0.1, 0.15) is 36.9 Å². The van der Waals surface area contributed by atoms with Gasteiger partial charge >= 0.3 is 0 Å². The second-order valence-corrected chi connectivity index (χ2v) is 11.9. The van der Waals surface area contributed by atoms with Crippen LogP contribution in [0.5, 0.6) is 0 Å². The summed E-state index contributed by atoms with van der Waals surface area (Å²) < 4.78 is 30.2. The Morgan fingerprint density at radius 3 is 2.66 bits per heavy atom. The van der Waals surface area contributed by atoms with E-state index in [-0.39, 0.29) is 10.1 Å². The Balaban J connectivity index is 1.47. The maximum Gasteiger partial charge on any atom is 0.253 e. The van der Waals surface area contributed by atoms with Crippen LogP contribution in [0.3, 0.4) is 0 Å². The molecule has 0 spiro atoms. The average Bonchev–Trinajstić information content (AvgIpc) is 3.52. The van der Waals surface area contributed by atoms with Crippen LogP contribution in [0.25, 0.3) is 5.69 Å². The molecule has 168 valence electrons. The Labute approximate surface area is 196 Å². The monoisotopic (exact) mass is 490 g/mol. The molecule has 1 aliphatic heterocycles. The normalized spacial score (nSPS) is 19.1. The minimum atomic E-state index is -3.80. The number of amides is 1. The van der Waals surface area contributed by atoms with Crippen LogP contribution in [0, 0.1) is 0 Å². The zero-order valence-electron chi connectivity index (χ0n) is 17.3. The van der Waals surface area contributed by atoms with Gasteiger partial charge in [-0.05, 0) is 56.4 Å². The van der Waals surface area contributed by atoms with Crippen LogP contribution < -0.4 is 5.32 Å². The number of thiophene rings is 1. The Morgan fingerprint density at radius 1 is 1.09 bits per heavy atom. The number of sulfonamides is 1. The van der Waals surface area contributed by atoms with Gasteiger partial charge in [-0.1, -0.05) is 36.2 Å². The molecule has 1 amide bonds. The molecule has 1 N–H and O–H groups in total. The summed E-state index contributed by atoms with van der Waals surface area (Å²) in [5.41, 5.74) is 2.89. The fourth-order valence-corrected chi connectivity index (χ4v) is 7.75. The van der Waals surface area contributed by atoms with Gasteiger partial charge in [0.2, 0.25) is 5.91 Å². The first-order valence-electron chi connectivity index (χ1n) is 10.7. The SMILES string of the molecule is O=C(Nc1c2c(nn1-c1ccccc1)CCC2)C1CCCCN1S(=O)(=O)c1ccc(Cl)s1. The molecule has 10 heteroatoms. The third-order valence-electron chi connectivity index (χ3n) is 6.02. The standard InChI is InChI=1S/C22H23ClN4O3S2/c23-19-12-13-20(31-19)32(29,30)26-14-5-4-11-18(26)22(28)24-21-16-9-6-10-17(16)25-27(21)15-7-2-1-3-8-15/h1-3,7-8,12-13,18H,4-6,9-11,14H2,(H,24,28). The first kappa shape index (κ1) is 21.6. The lowest BCUT2D eigenvalue weighted by atomic mass is 10.0. The van der Waals surface area contributed by atoms with Gasteiger partial charge in [-0.3, -0.25) is 4.79 Å². The molecule has 0 bridgehead atoms. The number of rotatable bonds is 5. The number of fused-ring (bicyclic) bond motifs is 1. The maximum atomic E-state index is 13.5. The molecule has 1 unspecified atom stereocenters. The average molecular weight is 491 g/mol. The van der Waals surface area contributed by atoms with Crippen LogP contribution in [-0.2, 0) is 27.7 Å². The van der Waals surface area contributed by atoms with Crippen LogP contribution in [-0.4, -0.2) is 41.0 Å². The van der Waals surface area contributed by atoms with Crippen molar-refractivity contribution in [3.05, 3.63) is 58.1 Å². The fourth-order valence-electron chi connectivity index (χ4n) is 4.48. The Bertz CT molecular complexity index is 1250. The van der Waals surface area contributed by atoms with Crippen molar-refractivity contribution in [2.45, 2.75) is 48.8 Å². The molecular formula is C22H23ClN4O3S2. The number of benzene rings is 1. The molecule has 2 aromatic heterocycles. The molecule has 3 aromatic rings. The number of hydrogen-bond acceptors (Lipinski definition) is 5. The number of anilines is 1. The number of carbonyl (C=O) groups excluding carboxylic acids is 1. The van der Waals surface area contributed by atoms with Crippen molar-refractivity contribution in [1.29, 1.82) is 0 Å². The quantitative estimate of drug-likeness (QED) is 0.579. The summed E-state index contributed by atoms with van der Waals surface area (Å²) in [5.74, 6) is 0.332. The first-order valence-corrected chi connectivity index (χ1v) is 13.3. The predicted molar refractivity (Wildman–Crippen MR) is 125 cm³/mol. The molecule has 32 heavy (non-hydrogen) atoms. The van der Waals surface area contributed by atoms with E-state index < -0.39 is 16.1 Å². The number of para-hydroxylation sites is 1. The summed E-state index contributed by atoms with van der Waals surface area (Å²) in [7, 11) is -3.80. The van der Waals surface area contributed by atoms with Gasteiger partial charge in [0, 0.05) is 12.1 Å². The number of hydrogen-bond donors (Lipinski definition) is 1. The number of carbonyl (C=O) groups is 1. The van der Waals surface area contributed by atoms with Crippen molar-refractivity contribution >= 4 is 44.7 Å². The fraction of sp³-hybridized carbons (Fsp3) is 0.364. The number of piperidine rings is 1. The van der Waals surface area contributed by atoms with Crippen LogP contribution in [0.2, 0.25) is 4.34 Å². The van der Waals surface area contributed by atoms with Crippen LogP contribution in [0.15, 0.2) is 46.7 Å². The van der Waals surface area contributed by atoms with Crippen molar-refractivity contribution in [3.8, 4) is 5.69 Å². The molecule has 1 aromatic carbocycles. The predicted octanol–water partition coefficient (Wildman–Crippen LogP) is 4.26. The van der Waals surface area contributed by atoms with E-state index in [9.17, 15) is 13.2 Å². The maximum absolute atomic E-state index is 13.5. The molecule has 0 saturated carbocycles. The molecule has 1 saturated heterocycles. The van der Waals surface area contributed by atoms with Gasteiger partial charge < -0.3 is 5.32 Å². The zero-order valence-corrected chi connectivity index (χ0v) is 19.7. The summed E-state index contributed by atoms with van der Waals surface area (Å²) in [6.07, 6.45) is 4.72. The smallest absolute Gasteiger partial charge is 0.253 e. The van der Waals surface area contributed by atoms with E-state index in [2.05, 4.69) is 5.32 Å². The molecule has 2 aliphatic rings. The summed E-state index contributed by atoms with van der Waals surface area (Å²) in [6, 6.07) is 12.0. The third kappa shape index (κ3) is 3.87. The highest BCUT2D eigenvalue weighted by Crippen LogP contribution is 2.34. The van der Waals surface area contributed by atoms with Gasteiger partial charge in [-0.15, -0.1) is 11.3 Å². The first-order chi connectivity index (χ1) is 15.4. The molecule has 1 fully saturated rings. The van der Waals surface area contributed by atoms with Crippen molar-refractivity contribution in [1.82, 2.24) is 14.1 Å². The van der Waals surface area contributed by atoms with Crippen molar-refractivity contribution < 1.29 is 13.2 Å². The number of nitrogens with zero attached hydrogens (tertiary/aromatic N) is 3. The Kier molecular flexibility index (Phi) is 5.83. The van der Waals surface area contributed by atoms with Gasteiger partial charge in [0.15, 0.2) is 0 Å². The van der Waals surface area contributed by atoms with E-state index in [1.54, 1.807) is 10.7 Å². The van der Waals surface area contributed by atoms with Gasteiger partial charge in [0.25, 0.3) is 10.0 Å². The Morgan fingerprint density at radius 2 is 1.91 bits per heavy atom. The number of halogens is 1.